The minimum atomic E-state index is -3.20. The molecule has 4 nitrogen and oxygen atoms in total. The molecule has 0 heterocycles. The Kier molecular flexibility index (Phi) is 4.27. The number of nitrogens with two attached hydrogens (primary N) is 1. The molecule has 5 heteroatoms. The maximum absolute atomic E-state index is 11.4. The first-order chi connectivity index (χ1) is 8.15. The number of nitrogen functional groups attached to an aromatic ring is 1. The van der Waals surface area contributed by atoms with Crippen LogP contribution >= 0.6 is 0 Å². The summed E-state index contributed by atoms with van der Waals surface area (Å²) in [6.45, 7) is 7.27. The summed E-state index contributed by atoms with van der Waals surface area (Å²) in [6.07, 6.45) is 2.23. The second kappa shape index (κ2) is 5.18. The zero-order chi connectivity index (χ0) is 14.0. The van der Waals surface area contributed by atoms with Gasteiger partial charge in [0.1, 0.15) is 0 Å². The summed E-state index contributed by atoms with van der Waals surface area (Å²) in [5.74, 6) is 0. The van der Waals surface area contributed by atoms with Crippen LogP contribution in [0.1, 0.15) is 27.2 Å². The molecule has 0 aliphatic heterocycles. The first kappa shape index (κ1) is 14.8. The van der Waals surface area contributed by atoms with E-state index in [1.165, 1.54) is 12.3 Å². The van der Waals surface area contributed by atoms with Gasteiger partial charge in [0.25, 0.3) is 0 Å². The fourth-order valence-corrected chi connectivity index (χ4v) is 2.05. The van der Waals surface area contributed by atoms with E-state index in [4.69, 9.17) is 5.73 Å². The van der Waals surface area contributed by atoms with E-state index in [2.05, 4.69) is 26.1 Å². The van der Waals surface area contributed by atoms with Gasteiger partial charge in [-0.25, -0.2) is 8.42 Å². The number of rotatable bonds is 5. The van der Waals surface area contributed by atoms with Crippen molar-refractivity contribution in [3.63, 3.8) is 0 Å². The molecule has 18 heavy (non-hydrogen) atoms. The molecule has 0 aliphatic rings. The maximum atomic E-state index is 11.4. The van der Waals surface area contributed by atoms with Crippen molar-refractivity contribution in [2.75, 3.05) is 23.9 Å². The van der Waals surface area contributed by atoms with Crippen LogP contribution in [-0.2, 0) is 9.84 Å². The lowest BCUT2D eigenvalue weighted by molar-refractivity contribution is 0.377. The number of sulfone groups is 1. The summed E-state index contributed by atoms with van der Waals surface area (Å²) in [5.41, 5.74) is 7.29. The normalized spacial score (nSPS) is 12.4. The Morgan fingerprint density at radius 3 is 2.39 bits per heavy atom. The molecule has 0 spiro atoms. The molecule has 0 aromatic heterocycles. The van der Waals surface area contributed by atoms with Crippen LogP contribution in [0.25, 0.3) is 0 Å². The summed E-state index contributed by atoms with van der Waals surface area (Å²) in [7, 11) is -3.20. The van der Waals surface area contributed by atoms with Crippen molar-refractivity contribution < 1.29 is 8.42 Å². The van der Waals surface area contributed by atoms with Crippen LogP contribution in [0, 0.1) is 5.41 Å². The first-order valence-electron chi connectivity index (χ1n) is 5.99. The summed E-state index contributed by atoms with van der Waals surface area (Å²) < 4.78 is 22.8. The average molecular weight is 270 g/mol. The van der Waals surface area contributed by atoms with Crippen molar-refractivity contribution in [3.05, 3.63) is 18.2 Å². The van der Waals surface area contributed by atoms with Crippen molar-refractivity contribution in [1.82, 2.24) is 0 Å². The van der Waals surface area contributed by atoms with Gasteiger partial charge in [-0.15, -0.1) is 0 Å². The SMILES string of the molecule is CCC(C)(C)CNc1ccc(S(C)(=O)=O)cc1N. The quantitative estimate of drug-likeness (QED) is 0.806. The Morgan fingerprint density at radius 2 is 1.94 bits per heavy atom. The van der Waals surface area contributed by atoms with Gasteiger partial charge >= 0.3 is 0 Å². The van der Waals surface area contributed by atoms with E-state index in [1.54, 1.807) is 12.1 Å². The van der Waals surface area contributed by atoms with Crippen molar-refractivity contribution in [1.29, 1.82) is 0 Å². The van der Waals surface area contributed by atoms with Crippen LogP contribution in [0.2, 0.25) is 0 Å². The second-order valence-corrected chi connectivity index (χ2v) is 7.41. The van der Waals surface area contributed by atoms with Crippen LogP contribution in [0.4, 0.5) is 11.4 Å². The van der Waals surface area contributed by atoms with E-state index in [-0.39, 0.29) is 10.3 Å². The van der Waals surface area contributed by atoms with Crippen molar-refractivity contribution in [3.8, 4) is 0 Å². The molecule has 0 bridgehead atoms. The summed E-state index contributed by atoms with van der Waals surface area (Å²) in [5, 5.41) is 3.26. The molecule has 0 unspecified atom stereocenters. The molecule has 0 aliphatic carbocycles. The molecule has 1 aromatic rings. The minimum absolute atomic E-state index is 0.182. The third kappa shape index (κ3) is 3.91. The fraction of sp³-hybridized carbons (Fsp3) is 0.538. The van der Waals surface area contributed by atoms with Gasteiger partial charge in [-0.3, -0.25) is 0 Å². The van der Waals surface area contributed by atoms with Gasteiger partial charge in [-0.2, -0.15) is 0 Å². The number of anilines is 2. The van der Waals surface area contributed by atoms with Crippen LogP contribution < -0.4 is 11.1 Å². The molecule has 1 aromatic carbocycles. The van der Waals surface area contributed by atoms with E-state index in [0.717, 1.165) is 18.7 Å². The van der Waals surface area contributed by atoms with Crippen LogP contribution in [0.15, 0.2) is 23.1 Å². The number of nitrogens with one attached hydrogen (secondary N) is 1. The topological polar surface area (TPSA) is 72.2 Å². The predicted molar refractivity (Wildman–Crippen MR) is 76.5 cm³/mol. The van der Waals surface area contributed by atoms with E-state index < -0.39 is 9.84 Å². The smallest absolute Gasteiger partial charge is 0.175 e. The number of benzene rings is 1. The fourth-order valence-electron chi connectivity index (χ4n) is 1.39. The highest BCUT2D eigenvalue weighted by atomic mass is 32.2. The average Bonchev–Trinajstić information content (AvgIpc) is 2.26. The highest BCUT2D eigenvalue weighted by molar-refractivity contribution is 7.90. The highest BCUT2D eigenvalue weighted by Crippen LogP contribution is 2.25. The summed E-state index contributed by atoms with van der Waals surface area (Å²) in [6, 6.07) is 4.79. The second-order valence-electron chi connectivity index (χ2n) is 5.39. The molecule has 0 fully saturated rings. The van der Waals surface area contributed by atoms with Gasteiger partial charge in [0, 0.05) is 12.8 Å². The van der Waals surface area contributed by atoms with E-state index >= 15 is 0 Å². The standard InChI is InChI=1S/C13H22N2O2S/c1-5-13(2,3)9-15-12-7-6-10(8-11(12)14)18(4,16)17/h6-8,15H,5,9,14H2,1-4H3. The van der Waals surface area contributed by atoms with E-state index in [9.17, 15) is 8.42 Å². The van der Waals surface area contributed by atoms with Gasteiger partial charge in [-0.1, -0.05) is 20.8 Å². The molecule has 0 saturated carbocycles. The molecule has 0 atom stereocenters. The molecule has 1 rings (SSSR count). The zero-order valence-corrected chi connectivity index (χ0v) is 12.3. The Labute approximate surface area is 110 Å². The minimum Gasteiger partial charge on any atom is -0.397 e. The van der Waals surface area contributed by atoms with Crippen LogP contribution in [0.5, 0.6) is 0 Å². The lowest BCUT2D eigenvalue weighted by atomic mass is 9.90. The molecule has 0 saturated heterocycles. The third-order valence-electron chi connectivity index (χ3n) is 3.17. The Balaban J connectivity index is 2.88. The Hall–Kier alpha value is -1.23. The molecule has 0 amide bonds. The zero-order valence-electron chi connectivity index (χ0n) is 11.4. The predicted octanol–water partition coefficient (Wildman–Crippen LogP) is 2.52. The van der Waals surface area contributed by atoms with Gasteiger partial charge in [0.2, 0.25) is 0 Å². The van der Waals surface area contributed by atoms with Gasteiger partial charge in [-0.05, 0) is 30.0 Å². The molecule has 3 N–H and O–H groups in total. The monoisotopic (exact) mass is 270 g/mol. The Bertz CT molecular complexity index is 522. The van der Waals surface area contributed by atoms with Gasteiger partial charge in [0.15, 0.2) is 9.84 Å². The number of hydrogen-bond donors (Lipinski definition) is 2. The summed E-state index contributed by atoms with van der Waals surface area (Å²) in [4.78, 5) is 0.250. The van der Waals surface area contributed by atoms with Crippen molar-refractivity contribution in [2.24, 2.45) is 5.41 Å². The lowest BCUT2D eigenvalue weighted by Crippen LogP contribution is -2.22. The highest BCUT2D eigenvalue weighted by Gasteiger charge is 2.15. The van der Waals surface area contributed by atoms with E-state index in [0.29, 0.717) is 5.69 Å². The first-order valence-corrected chi connectivity index (χ1v) is 7.88. The summed E-state index contributed by atoms with van der Waals surface area (Å²) >= 11 is 0. The lowest BCUT2D eigenvalue weighted by Gasteiger charge is -2.24. The molecule has 102 valence electrons. The number of hydrogen-bond acceptors (Lipinski definition) is 4. The van der Waals surface area contributed by atoms with Gasteiger partial charge < -0.3 is 11.1 Å². The molecular formula is C13H22N2O2S. The maximum Gasteiger partial charge on any atom is 0.175 e. The van der Waals surface area contributed by atoms with Crippen molar-refractivity contribution >= 4 is 21.2 Å². The van der Waals surface area contributed by atoms with E-state index in [1.807, 2.05) is 0 Å². The largest absolute Gasteiger partial charge is 0.397 e. The molecule has 0 radical (unpaired) electrons. The van der Waals surface area contributed by atoms with Crippen molar-refractivity contribution in [2.45, 2.75) is 32.1 Å². The van der Waals surface area contributed by atoms with Crippen LogP contribution in [0.3, 0.4) is 0 Å². The Morgan fingerprint density at radius 1 is 1.33 bits per heavy atom. The third-order valence-corrected chi connectivity index (χ3v) is 4.28. The van der Waals surface area contributed by atoms with Crippen LogP contribution in [-0.4, -0.2) is 21.2 Å². The molecular weight excluding hydrogens is 248 g/mol. The van der Waals surface area contributed by atoms with Gasteiger partial charge in [0.05, 0.1) is 16.3 Å².